The minimum absolute atomic E-state index is 0.233. The molecule has 0 aromatic heterocycles. The summed E-state index contributed by atoms with van der Waals surface area (Å²) in [6, 6.07) is 20.8. The molecule has 3 aromatic carbocycles. The smallest absolute Gasteiger partial charge is 0.123 e. The first kappa shape index (κ1) is 17.0. The molecule has 0 saturated carbocycles. The molecule has 3 rings (SSSR count). The second-order valence-corrected chi connectivity index (χ2v) is 6.22. The molecule has 2 nitrogen and oxygen atoms in total. The second-order valence-electron chi connectivity index (χ2n) is 6.22. The van der Waals surface area contributed by atoms with Crippen LogP contribution in [-0.2, 0) is 13.2 Å². The lowest BCUT2D eigenvalue weighted by Crippen LogP contribution is -2.01. The third kappa shape index (κ3) is 4.83. The van der Waals surface area contributed by atoms with Crippen molar-refractivity contribution >= 4 is 5.69 Å². The Morgan fingerprint density at radius 3 is 2.40 bits per heavy atom. The highest BCUT2D eigenvalue weighted by Crippen LogP contribution is 2.18. The van der Waals surface area contributed by atoms with Gasteiger partial charge in [0, 0.05) is 12.2 Å². The van der Waals surface area contributed by atoms with Gasteiger partial charge >= 0.3 is 0 Å². The first-order chi connectivity index (χ1) is 12.1. The SMILES string of the molecule is Cc1ccc(NCc2cccc(OCc3ccc(F)cc3)c2)cc1C. The Morgan fingerprint density at radius 2 is 1.64 bits per heavy atom. The fourth-order valence-electron chi connectivity index (χ4n) is 2.55. The topological polar surface area (TPSA) is 21.3 Å². The first-order valence-electron chi connectivity index (χ1n) is 8.37. The Morgan fingerprint density at radius 1 is 0.840 bits per heavy atom. The van der Waals surface area contributed by atoms with Crippen molar-refractivity contribution in [3.8, 4) is 5.75 Å². The molecule has 0 aliphatic rings. The maximum atomic E-state index is 12.9. The van der Waals surface area contributed by atoms with Gasteiger partial charge in [-0.3, -0.25) is 0 Å². The average Bonchev–Trinajstić information content (AvgIpc) is 2.63. The highest BCUT2D eigenvalue weighted by Gasteiger charge is 2.01. The molecule has 0 aliphatic heterocycles. The Labute approximate surface area is 148 Å². The first-order valence-corrected chi connectivity index (χ1v) is 8.37. The predicted octanol–water partition coefficient (Wildman–Crippen LogP) is 5.63. The number of benzene rings is 3. The molecule has 1 N–H and O–H groups in total. The standard InChI is InChI=1S/C22H22FNO/c1-16-6-11-21(12-17(16)2)24-14-19-4-3-5-22(13-19)25-15-18-7-9-20(23)10-8-18/h3-13,24H,14-15H2,1-2H3. The summed E-state index contributed by atoms with van der Waals surface area (Å²) in [4.78, 5) is 0. The van der Waals surface area contributed by atoms with Gasteiger partial charge in [0.05, 0.1) is 0 Å². The molecule has 0 amide bonds. The van der Waals surface area contributed by atoms with Crippen molar-refractivity contribution in [2.75, 3.05) is 5.32 Å². The second kappa shape index (κ2) is 7.84. The number of rotatable bonds is 6. The number of halogens is 1. The number of hydrogen-bond acceptors (Lipinski definition) is 2. The highest BCUT2D eigenvalue weighted by molar-refractivity contribution is 5.48. The van der Waals surface area contributed by atoms with Crippen LogP contribution >= 0.6 is 0 Å². The van der Waals surface area contributed by atoms with Crippen LogP contribution in [0.25, 0.3) is 0 Å². The lowest BCUT2D eigenvalue weighted by molar-refractivity contribution is 0.306. The highest BCUT2D eigenvalue weighted by atomic mass is 19.1. The molecule has 0 fully saturated rings. The third-order valence-electron chi connectivity index (χ3n) is 4.22. The van der Waals surface area contributed by atoms with E-state index in [1.165, 1.54) is 23.3 Å². The zero-order valence-electron chi connectivity index (χ0n) is 14.6. The molecule has 0 spiro atoms. The van der Waals surface area contributed by atoms with E-state index < -0.39 is 0 Å². The van der Waals surface area contributed by atoms with Gasteiger partial charge in [-0.1, -0.05) is 30.3 Å². The molecular formula is C22H22FNO. The van der Waals surface area contributed by atoms with Crippen molar-refractivity contribution in [3.05, 3.63) is 94.8 Å². The van der Waals surface area contributed by atoms with Crippen molar-refractivity contribution in [1.82, 2.24) is 0 Å². The number of ether oxygens (including phenoxy) is 1. The fourth-order valence-corrected chi connectivity index (χ4v) is 2.55. The maximum absolute atomic E-state index is 12.9. The normalized spacial score (nSPS) is 10.5. The largest absolute Gasteiger partial charge is 0.489 e. The molecule has 3 aromatic rings. The quantitative estimate of drug-likeness (QED) is 0.630. The molecule has 0 saturated heterocycles. The van der Waals surface area contributed by atoms with Crippen molar-refractivity contribution in [3.63, 3.8) is 0 Å². The summed E-state index contributed by atoms with van der Waals surface area (Å²) in [6.07, 6.45) is 0. The average molecular weight is 335 g/mol. The Hall–Kier alpha value is -2.81. The van der Waals surface area contributed by atoms with Crippen molar-refractivity contribution < 1.29 is 9.13 Å². The molecule has 3 heteroatoms. The maximum Gasteiger partial charge on any atom is 0.123 e. The lowest BCUT2D eigenvalue weighted by Gasteiger charge is -2.11. The van der Waals surface area contributed by atoms with E-state index in [-0.39, 0.29) is 5.82 Å². The molecule has 0 bridgehead atoms. The molecule has 0 radical (unpaired) electrons. The predicted molar refractivity (Wildman–Crippen MR) is 100 cm³/mol. The van der Waals surface area contributed by atoms with Crippen LogP contribution in [0.5, 0.6) is 5.75 Å². The van der Waals surface area contributed by atoms with Crippen LogP contribution in [0.1, 0.15) is 22.3 Å². The molecule has 0 atom stereocenters. The lowest BCUT2D eigenvalue weighted by atomic mass is 10.1. The van der Waals surface area contributed by atoms with E-state index in [1.807, 2.05) is 18.2 Å². The summed E-state index contributed by atoms with van der Waals surface area (Å²) in [7, 11) is 0. The summed E-state index contributed by atoms with van der Waals surface area (Å²) >= 11 is 0. The summed E-state index contributed by atoms with van der Waals surface area (Å²) in [5.41, 5.74) is 5.78. The summed E-state index contributed by atoms with van der Waals surface area (Å²) in [5.74, 6) is 0.576. The summed E-state index contributed by atoms with van der Waals surface area (Å²) < 4.78 is 18.7. The summed E-state index contributed by atoms with van der Waals surface area (Å²) in [6.45, 7) is 5.38. The zero-order chi connectivity index (χ0) is 17.6. The minimum atomic E-state index is -0.233. The van der Waals surface area contributed by atoms with E-state index in [2.05, 4.69) is 43.4 Å². The van der Waals surface area contributed by atoms with Crippen LogP contribution < -0.4 is 10.1 Å². The van der Waals surface area contributed by atoms with E-state index >= 15 is 0 Å². The van der Waals surface area contributed by atoms with Gasteiger partial charge in [-0.15, -0.1) is 0 Å². The van der Waals surface area contributed by atoms with E-state index in [9.17, 15) is 4.39 Å². The molecule has 128 valence electrons. The van der Waals surface area contributed by atoms with E-state index in [1.54, 1.807) is 12.1 Å². The summed E-state index contributed by atoms with van der Waals surface area (Å²) in [5, 5.41) is 3.44. The van der Waals surface area contributed by atoms with Crippen LogP contribution in [0.15, 0.2) is 66.7 Å². The van der Waals surface area contributed by atoms with Gasteiger partial charge < -0.3 is 10.1 Å². The van der Waals surface area contributed by atoms with Crippen molar-refractivity contribution in [1.29, 1.82) is 0 Å². The van der Waals surface area contributed by atoms with Crippen molar-refractivity contribution in [2.24, 2.45) is 0 Å². The Kier molecular flexibility index (Phi) is 5.34. The molecule has 0 aliphatic carbocycles. The van der Waals surface area contributed by atoms with Crippen LogP contribution in [0.2, 0.25) is 0 Å². The van der Waals surface area contributed by atoms with Gasteiger partial charge in [0.15, 0.2) is 0 Å². The zero-order valence-corrected chi connectivity index (χ0v) is 14.6. The monoisotopic (exact) mass is 335 g/mol. The van der Waals surface area contributed by atoms with Gasteiger partial charge in [-0.05, 0) is 72.5 Å². The number of anilines is 1. The van der Waals surface area contributed by atoms with Gasteiger partial charge in [-0.25, -0.2) is 4.39 Å². The van der Waals surface area contributed by atoms with Gasteiger partial charge in [0.25, 0.3) is 0 Å². The molecule has 25 heavy (non-hydrogen) atoms. The van der Waals surface area contributed by atoms with E-state index in [4.69, 9.17) is 4.74 Å². The van der Waals surface area contributed by atoms with Gasteiger partial charge in [0.2, 0.25) is 0 Å². The molecular weight excluding hydrogens is 313 g/mol. The van der Waals surface area contributed by atoms with Crippen LogP contribution in [0.3, 0.4) is 0 Å². The number of aryl methyl sites for hydroxylation is 2. The Balaban J connectivity index is 1.59. The number of nitrogens with one attached hydrogen (secondary N) is 1. The van der Waals surface area contributed by atoms with E-state index in [0.29, 0.717) is 6.61 Å². The van der Waals surface area contributed by atoms with Gasteiger partial charge in [-0.2, -0.15) is 0 Å². The fraction of sp³-hybridized carbons (Fsp3) is 0.182. The molecule has 0 unspecified atom stereocenters. The van der Waals surface area contributed by atoms with Crippen LogP contribution in [0, 0.1) is 19.7 Å². The Bertz CT molecular complexity index is 843. The van der Waals surface area contributed by atoms with E-state index in [0.717, 1.165) is 29.1 Å². The molecule has 0 heterocycles. The van der Waals surface area contributed by atoms with Gasteiger partial charge in [0.1, 0.15) is 18.2 Å². The number of hydrogen-bond donors (Lipinski definition) is 1. The van der Waals surface area contributed by atoms with Crippen LogP contribution in [0.4, 0.5) is 10.1 Å². The third-order valence-corrected chi connectivity index (χ3v) is 4.22. The van der Waals surface area contributed by atoms with Crippen LogP contribution in [-0.4, -0.2) is 0 Å². The van der Waals surface area contributed by atoms with Crippen molar-refractivity contribution in [2.45, 2.75) is 27.0 Å². The minimum Gasteiger partial charge on any atom is -0.489 e.